The van der Waals surface area contributed by atoms with Crippen LogP contribution in [-0.4, -0.2) is 22.4 Å². The van der Waals surface area contributed by atoms with Gasteiger partial charge in [0.25, 0.3) is 0 Å². The van der Waals surface area contributed by atoms with Crippen LogP contribution in [0.25, 0.3) is 17.2 Å². The number of allylic oxidation sites excluding steroid dienone is 6. The number of aromatic amines is 1. The Hall–Kier alpha value is -7.06. The zero-order valence-electron chi connectivity index (χ0n) is 28.2. The lowest BCUT2D eigenvalue weighted by molar-refractivity contribution is 0.548. The summed E-state index contributed by atoms with van der Waals surface area (Å²) in [4.78, 5) is 14.3. The predicted octanol–water partition coefficient (Wildman–Crippen LogP) is 7.40. The van der Waals surface area contributed by atoms with E-state index in [0.717, 1.165) is 73.3 Å². The van der Waals surface area contributed by atoms with Crippen molar-refractivity contribution < 1.29 is 0 Å². The quantitative estimate of drug-likeness (QED) is 0.109. The molecule has 1 unspecified atom stereocenters. The molecule has 0 aliphatic carbocycles. The van der Waals surface area contributed by atoms with Crippen molar-refractivity contribution in [3.63, 3.8) is 0 Å². The molecule has 8 bridgehead atoms. The molecule has 4 aromatic carbocycles. The number of H-pyrrole nitrogens is 1. The van der Waals surface area contributed by atoms with Crippen LogP contribution >= 0.6 is 0 Å². The summed E-state index contributed by atoms with van der Waals surface area (Å²) >= 11 is 0. The Morgan fingerprint density at radius 3 is 1.73 bits per heavy atom. The summed E-state index contributed by atoms with van der Waals surface area (Å²) in [6, 6.07) is 35.9. The molecule has 1 aromatic heterocycles. The molecule has 5 heterocycles. The van der Waals surface area contributed by atoms with E-state index < -0.39 is 5.41 Å². The number of nitrogen functional groups attached to an aromatic ring is 4. The van der Waals surface area contributed by atoms with Crippen LogP contribution < -0.4 is 28.3 Å². The topological polar surface area (TPSA) is 157 Å². The standard InChI is InChI=1S/C44H36N8/c45-30-9-1-26(2-10-30)42-36-19-17-34(49-36)25-35-18-20-37(50-35)43(27-3-11-31(46)12-4-27)39-22-24-41(52-39)44(40-23-21-38(42)51-40,28-5-13-32(47)14-6-28)29-7-15-33(48)16-8-29/h1-25,40,50-51H,45-48H2. The number of aliphatic imine (C=N–C) groups is 2. The molecule has 8 heteroatoms. The summed E-state index contributed by atoms with van der Waals surface area (Å²) in [5.74, 6) is 0. The third kappa shape index (κ3) is 5.16. The molecule has 0 amide bonds. The molecule has 0 radical (unpaired) electrons. The van der Waals surface area contributed by atoms with Crippen molar-refractivity contribution >= 4 is 51.4 Å². The Morgan fingerprint density at radius 2 is 1.12 bits per heavy atom. The number of nitrogens with zero attached hydrogens (tertiary/aromatic N) is 2. The summed E-state index contributed by atoms with van der Waals surface area (Å²) in [7, 11) is 0. The van der Waals surface area contributed by atoms with Crippen molar-refractivity contribution in [1.29, 1.82) is 0 Å². The van der Waals surface area contributed by atoms with Crippen molar-refractivity contribution in [1.82, 2.24) is 10.3 Å². The van der Waals surface area contributed by atoms with Gasteiger partial charge in [0.05, 0.1) is 34.3 Å². The van der Waals surface area contributed by atoms with Crippen LogP contribution in [0.5, 0.6) is 0 Å². The molecule has 0 fully saturated rings. The second-order valence-corrected chi connectivity index (χ2v) is 13.4. The molecule has 5 aromatic rings. The number of rotatable bonds is 4. The molecule has 0 spiro atoms. The molecular weight excluding hydrogens is 641 g/mol. The molecule has 9 rings (SSSR count). The van der Waals surface area contributed by atoms with Crippen molar-refractivity contribution in [2.24, 2.45) is 9.98 Å². The Labute approximate surface area is 301 Å². The van der Waals surface area contributed by atoms with Gasteiger partial charge in [0.1, 0.15) is 0 Å². The number of fused-ring (bicyclic) bond motifs is 6. The fourth-order valence-corrected chi connectivity index (χ4v) is 7.64. The number of nitrogens with two attached hydrogens (primary N) is 4. The molecule has 4 aliphatic heterocycles. The van der Waals surface area contributed by atoms with Gasteiger partial charge in [-0.1, -0.05) is 54.6 Å². The molecule has 1 atom stereocenters. The molecular formula is C44H36N8. The third-order valence-corrected chi connectivity index (χ3v) is 10.1. The van der Waals surface area contributed by atoms with Gasteiger partial charge in [0.2, 0.25) is 0 Å². The first kappa shape index (κ1) is 31.0. The average Bonchev–Trinajstić information content (AvgIpc) is 3.99. The lowest BCUT2D eigenvalue weighted by atomic mass is 9.66. The SMILES string of the molecule is Nc1ccc(C2=C3C=CC(N3)C(c3ccc(N)cc3)(c3ccc(N)cc3)C3=NC(=C(c4ccc(N)cc4)c4ccc([nH]4)C=C4C=CC2=N4)C=C3)cc1. The second-order valence-electron chi connectivity index (χ2n) is 13.4. The summed E-state index contributed by atoms with van der Waals surface area (Å²) in [5.41, 5.74) is 38.9. The lowest BCUT2D eigenvalue weighted by Crippen LogP contribution is -2.51. The van der Waals surface area contributed by atoms with Crippen molar-refractivity contribution in [3.8, 4) is 0 Å². The van der Waals surface area contributed by atoms with Crippen LogP contribution in [0, 0.1) is 0 Å². The Balaban J connectivity index is 1.37. The summed E-state index contributed by atoms with van der Waals surface area (Å²) in [5, 5.41) is 3.96. The summed E-state index contributed by atoms with van der Waals surface area (Å²) in [6.07, 6.45) is 14.8. The minimum atomic E-state index is -0.827. The summed E-state index contributed by atoms with van der Waals surface area (Å²) < 4.78 is 0. The first-order chi connectivity index (χ1) is 25.3. The van der Waals surface area contributed by atoms with E-state index in [0.29, 0.717) is 22.7 Å². The van der Waals surface area contributed by atoms with Crippen LogP contribution in [0.3, 0.4) is 0 Å². The Bertz CT molecular complexity index is 2440. The number of anilines is 4. The third-order valence-electron chi connectivity index (χ3n) is 10.1. The highest BCUT2D eigenvalue weighted by atomic mass is 15.0. The number of hydrogen-bond donors (Lipinski definition) is 6. The fraction of sp³-hybridized carbons (Fsp3) is 0.0455. The van der Waals surface area contributed by atoms with E-state index in [2.05, 4.69) is 83.2 Å². The van der Waals surface area contributed by atoms with Gasteiger partial charge in [-0.3, -0.25) is 4.99 Å². The van der Waals surface area contributed by atoms with Crippen molar-refractivity contribution in [2.75, 3.05) is 22.9 Å². The number of benzene rings is 4. The lowest BCUT2D eigenvalue weighted by Gasteiger charge is -2.40. The molecule has 252 valence electrons. The number of nitrogens with one attached hydrogen (secondary N) is 2. The molecule has 8 nitrogen and oxygen atoms in total. The van der Waals surface area contributed by atoms with Crippen LogP contribution in [0.15, 0.2) is 173 Å². The van der Waals surface area contributed by atoms with Gasteiger partial charge < -0.3 is 33.2 Å². The monoisotopic (exact) mass is 676 g/mol. The minimum Gasteiger partial charge on any atom is -0.399 e. The van der Waals surface area contributed by atoms with E-state index in [4.69, 9.17) is 32.9 Å². The molecule has 0 saturated carbocycles. The Morgan fingerprint density at radius 1 is 0.538 bits per heavy atom. The van der Waals surface area contributed by atoms with Crippen LogP contribution in [0.2, 0.25) is 0 Å². The number of aromatic nitrogens is 1. The smallest absolute Gasteiger partial charge is 0.0861 e. The normalized spacial score (nSPS) is 18.4. The zero-order valence-corrected chi connectivity index (χ0v) is 28.2. The van der Waals surface area contributed by atoms with Gasteiger partial charge in [0.15, 0.2) is 0 Å². The van der Waals surface area contributed by atoms with Crippen LogP contribution in [-0.2, 0) is 5.41 Å². The van der Waals surface area contributed by atoms with E-state index in [9.17, 15) is 0 Å². The van der Waals surface area contributed by atoms with E-state index in [1.165, 1.54) is 0 Å². The highest BCUT2D eigenvalue weighted by molar-refractivity contribution is 6.32. The first-order valence-corrected chi connectivity index (χ1v) is 17.2. The van der Waals surface area contributed by atoms with Crippen molar-refractivity contribution in [2.45, 2.75) is 11.5 Å². The maximum absolute atomic E-state index is 6.30. The van der Waals surface area contributed by atoms with Gasteiger partial charge in [-0.2, -0.15) is 0 Å². The minimum absolute atomic E-state index is 0.285. The van der Waals surface area contributed by atoms with E-state index >= 15 is 0 Å². The van der Waals surface area contributed by atoms with Gasteiger partial charge in [0, 0.05) is 51.0 Å². The van der Waals surface area contributed by atoms with Gasteiger partial charge in [-0.05, 0) is 119 Å². The first-order valence-electron chi connectivity index (χ1n) is 17.2. The highest BCUT2D eigenvalue weighted by Crippen LogP contribution is 2.45. The van der Waals surface area contributed by atoms with Crippen molar-refractivity contribution in [3.05, 3.63) is 196 Å². The zero-order chi connectivity index (χ0) is 35.4. The molecule has 10 N–H and O–H groups in total. The Kier molecular flexibility index (Phi) is 7.18. The molecule has 4 aliphatic rings. The van der Waals surface area contributed by atoms with Crippen LogP contribution in [0.1, 0.15) is 33.6 Å². The average molecular weight is 677 g/mol. The van der Waals surface area contributed by atoms with E-state index in [1.54, 1.807) is 0 Å². The van der Waals surface area contributed by atoms with E-state index in [-0.39, 0.29) is 6.04 Å². The summed E-state index contributed by atoms with van der Waals surface area (Å²) in [6.45, 7) is 0. The van der Waals surface area contributed by atoms with Gasteiger partial charge >= 0.3 is 0 Å². The van der Waals surface area contributed by atoms with Crippen LogP contribution in [0.4, 0.5) is 22.7 Å². The molecule has 0 saturated heterocycles. The van der Waals surface area contributed by atoms with Gasteiger partial charge in [-0.15, -0.1) is 0 Å². The van der Waals surface area contributed by atoms with E-state index in [1.807, 2.05) is 78.9 Å². The predicted molar refractivity (Wildman–Crippen MR) is 215 cm³/mol. The fourth-order valence-electron chi connectivity index (χ4n) is 7.64. The second kappa shape index (κ2) is 12.1. The van der Waals surface area contributed by atoms with Gasteiger partial charge in [-0.25, -0.2) is 4.99 Å². The maximum atomic E-state index is 6.30. The largest absolute Gasteiger partial charge is 0.399 e. The molecule has 52 heavy (non-hydrogen) atoms. The maximum Gasteiger partial charge on any atom is 0.0861 e. The highest BCUT2D eigenvalue weighted by Gasteiger charge is 2.48. The number of hydrogen-bond acceptors (Lipinski definition) is 7.